The van der Waals surface area contributed by atoms with E-state index in [0.29, 0.717) is 16.8 Å². The van der Waals surface area contributed by atoms with E-state index in [1.54, 1.807) is 23.1 Å². The van der Waals surface area contributed by atoms with Gasteiger partial charge in [0.1, 0.15) is 6.54 Å². The Morgan fingerprint density at radius 3 is 2.64 bits per heavy atom. The highest BCUT2D eigenvalue weighted by molar-refractivity contribution is 5.95. The lowest BCUT2D eigenvalue weighted by molar-refractivity contribution is -0.132. The molecule has 2 fully saturated rings. The van der Waals surface area contributed by atoms with Gasteiger partial charge in [-0.05, 0) is 50.3 Å². The van der Waals surface area contributed by atoms with Gasteiger partial charge in [0.15, 0.2) is 5.58 Å². The van der Waals surface area contributed by atoms with Crippen LogP contribution in [0, 0.1) is 5.92 Å². The molecule has 1 saturated carbocycles. The van der Waals surface area contributed by atoms with Crippen LogP contribution < -0.4 is 11.1 Å². The number of hydrogen-bond acceptors (Lipinski definition) is 4. The van der Waals surface area contributed by atoms with Gasteiger partial charge in [0, 0.05) is 24.7 Å². The molecule has 0 atom stereocenters. The summed E-state index contributed by atoms with van der Waals surface area (Å²) in [6.45, 7) is 1.45. The van der Waals surface area contributed by atoms with Crippen molar-refractivity contribution in [3.63, 3.8) is 0 Å². The van der Waals surface area contributed by atoms with Gasteiger partial charge in [-0.15, -0.1) is 0 Å². The van der Waals surface area contributed by atoms with Crippen LogP contribution in [0.15, 0.2) is 27.4 Å². The Morgan fingerprint density at radius 2 is 1.92 bits per heavy atom. The van der Waals surface area contributed by atoms with Crippen LogP contribution in [-0.2, 0) is 16.1 Å². The summed E-state index contributed by atoms with van der Waals surface area (Å²) < 4.78 is 6.58. The third-order valence-corrected chi connectivity index (χ3v) is 4.89. The van der Waals surface area contributed by atoms with Crippen molar-refractivity contribution >= 4 is 28.6 Å². The number of anilines is 1. The van der Waals surface area contributed by atoms with Crippen molar-refractivity contribution in [2.24, 2.45) is 5.92 Å². The number of nitrogens with one attached hydrogen (secondary N) is 1. The minimum Gasteiger partial charge on any atom is -0.408 e. The first-order valence-electron chi connectivity index (χ1n) is 8.84. The standard InChI is InChI=1S/C18H21N3O4/c22-16(20-8-2-1-3-9-20)11-21-14-10-13(19-17(23)12-4-5-12)6-7-15(14)25-18(21)24/h6-7,10,12H,1-5,8-9,11H2,(H,19,23). The summed E-state index contributed by atoms with van der Waals surface area (Å²) in [5, 5.41) is 2.86. The molecule has 2 aliphatic rings. The molecule has 4 rings (SSSR count). The zero-order valence-corrected chi connectivity index (χ0v) is 14.0. The molecule has 0 spiro atoms. The first kappa shape index (κ1) is 15.9. The lowest BCUT2D eigenvalue weighted by Gasteiger charge is -2.26. The molecule has 1 aliphatic carbocycles. The van der Waals surface area contributed by atoms with Crippen LogP contribution in [0.4, 0.5) is 5.69 Å². The molecule has 132 valence electrons. The van der Waals surface area contributed by atoms with Gasteiger partial charge in [-0.3, -0.25) is 14.2 Å². The van der Waals surface area contributed by atoms with Gasteiger partial charge in [-0.25, -0.2) is 4.79 Å². The maximum absolute atomic E-state index is 12.5. The Hall–Kier alpha value is -2.57. The Labute approximate surface area is 144 Å². The fourth-order valence-electron chi connectivity index (χ4n) is 3.26. The fraction of sp³-hybridized carbons (Fsp3) is 0.500. The van der Waals surface area contributed by atoms with E-state index in [1.807, 2.05) is 0 Å². The van der Waals surface area contributed by atoms with Gasteiger partial charge in [-0.1, -0.05) is 0 Å². The Kier molecular flexibility index (Phi) is 4.07. The van der Waals surface area contributed by atoms with E-state index in [0.717, 1.165) is 45.2 Å². The number of carbonyl (C=O) groups excluding carboxylic acids is 2. The smallest absolute Gasteiger partial charge is 0.408 e. The molecule has 1 saturated heterocycles. The molecule has 2 heterocycles. The van der Waals surface area contributed by atoms with E-state index < -0.39 is 5.76 Å². The zero-order valence-electron chi connectivity index (χ0n) is 14.0. The summed E-state index contributed by atoms with van der Waals surface area (Å²) in [7, 11) is 0. The Bertz CT molecular complexity index is 872. The van der Waals surface area contributed by atoms with Crippen molar-refractivity contribution in [2.75, 3.05) is 18.4 Å². The summed E-state index contributed by atoms with van der Waals surface area (Å²) in [4.78, 5) is 38.3. The van der Waals surface area contributed by atoms with Crippen molar-refractivity contribution < 1.29 is 14.0 Å². The van der Waals surface area contributed by atoms with Crippen molar-refractivity contribution in [3.05, 3.63) is 28.7 Å². The first-order valence-corrected chi connectivity index (χ1v) is 8.84. The molecule has 0 bridgehead atoms. The molecule has 0 unspecified atom stereocenters. The second-order valence-electron chi connectivity index (χ2n) is 6.84. The molecule has 7 nitrogen and oxygen atoms in total. The van der Waals surface area contributed by atoms with Crippen molar-refractivity contribution in [3.8, 4) is 0 Å². The molecule has 1 aliphatic heterocycles. The van der Waals surface area contributed by atoms with Crippen LogP contribution in [0.2, 0.25) is 0 Å². The van der Waals surface area contributed by atoms with Gasteiger partial charge < -0.3 is 14.6 Å². The maximum atomic E-state index is 12.5. The molecule has 25 heavy (non-hydrogen) atoms. The summed E-state index contributed by atoms with van der Waals surface area (Å²) >= 11 is 0. The third kappa shape index (κ3) is 3.31. The topological polar surface area (TPSA) is 84.5 Å². The molecule has 2 amide bonds. The van der Waals surface area contributed by atoms with Crippen molar-refractivity contribution in [1.29, 1.82) is 0 Å². The molecule has 0 radical (unpaired) electrons. The SMILES string of the molecule is O=C(Nc1ccc2oc(=O)n(CC(=O)N3CCCCC3)c2c1)C1CC1. The number of amides is 2. The normalized spacial score (nSPS) is 17.7. The summed E-state index contributed by atoms with van der Waals surface area (Å²) in [5.74, 6) is -0.521. The van der Waals surface area contributed by atoms with Crippen LogP contribution in [0.25, 0.3) is 11.1 Å². The second kappa shape index (κ2) is 6.38. The van der Waals surface area contributed by atoms with Crippen LogP contribution in [0.3, 0.4) is 0 Å². The average Bonchev–Trinajstić information content (AvgIpc) is 3.42. The number of fused-ring (bicyclic) bond motifs is 1. The summed E-state index contributed by atoms with van der Waals surface area (Å²) in [5.41, 5.74) is 1.56. The fourth-order valence-corrected chi connectivity index (χ4v) is 3.26. The van der Waals surface area contributed by atoms with Gasteiger partial charge in [0.2, 0.25) is 11.8 Å². The maximum Gasteiger partial charge on any atom is 0.420 e. The van der Waals surface area contributed by atoms with Crippen molar-refractivity contribution in [1.82, 2.24) is 9.47 Å². The largest absolute Gasteiger partial charge is 0.420 e. The van der Waals surface area contributed by atoms with Crippen LogP contribution in [-0.4, -0.2) is 34.4 Å². The lowest BCUT2D eigenvalue weighted by atomic mass is 10.1. The quantitative estimate of drug-likeness (QED) is 0.920. The van der Waals surface area contributed by atoms with Crippen molar-refractivity contribution in [2.45, 2.75) is 38.6 Å². The van der Waals surface area contributed by atoms with Gasteiger partial charge in [0.25, 0.3) is 0 Å². The highest BCUT2D eigenvalue weighted by Crippen LogP contribution is 2.30. The number of nitrogens with zero attached hydrogens (tertiary/aromatic N) is 2. The number of aromatic nitrogens is 1. The van der Waals surface area contributed by atoms with E-state index in [9.17, 15) is 14.4 Å². The Balaban J connectivity index is 1.58. The summed E-state index contributed by atoms with van der Waals surface area (Å²) in [6, 6.07) is 5.06. The molecular weight excluding hydrogens is 322 g/mol. The molecule has 1 aromatic heterocycles. The lowest BCUT2D eigenvalue weighted by Crippen LogP contribution is -2.39. The molecule has 2 aromatic rings. The van der Waals surface area contributed by atoms with E-state index in [1.165, 1.54) is 4.57 Å². The number of benzene rings is 1. The number of likely N-dealkylation sites (tertiary alicyclic amines) is 1. The van der Waals surface area contributed by atoms with E-state index in [2.05, 4.69) is 5.32 Å². The van der Waals surface area contributed by atoms with E-state index in [-0.39, 0.29) is 24.3 Å². The third-order valence-electron chi connectivity index (χ3n) is 4.89. The monoisotopic (exact) mass is 343 g/mol. The van der Waals surface area contributed by atoms with Crippen LogP contribution >= 0.6 is 0 Å². The highest BCUT2D eigenvalue weighted by Gasteiger charge is 2.29. The molecule has 1 aromatic carbocycles. The molecular formula is C18H21N3O4. The van der Waals surface area contributed by atoms with Crippen LogP contribution in [0.1, 0.15) is 32.1 Å². The van der Waals surface area contributed by atoms with Gasteiger partial charge in [-0.2, -0.15) is 0 Å². The number of oxazole rings is 1. The molecule has 7 heteroatoms. The number of rotatable bonds is 4. The van der Waals surface area contributed by atoms with E-state index >= 15 is 0 Å². The molecule has 1 N–H and O–H groups in total. The van der Waals surface area contributed by atoms with E-state index in [4.69, 9.17) is 4.42 Å². The predicted molar refractivity (Wildman–Crippen MR) is 92.3 cm³/mol. The zero-order chi connectivity index (χ0) is 17.4. The Morgan fingerprint density at radius 1 is 1.16 bits per heavy atom. The number of carbonyl (C=O) groups is 2. The number of piperidine rings is 1. The highest BCUT2D eigenvalue weighted by atomic mass is 16.4. The predicted octanol–water partition coefficient (Wildman–Crippen LogP) is 1.96. The first-order chi connectivity index (χ1) is 12.1. The summed E-state index contributed by atoms with van der Waals surface area (Å²) in [6.07, 6.45) is 5.00. The second-order valence-corrected chi connectivity index (χ2v) is 6.84. The average molecular weight is 343 g/mol. The van der Waals surface area contributed by atoms with Gasteiger partial charge in [0.05, 0.1) is 5.52 Å². The minimum absolute atomic E-state index is 0.00105. The number of hydrogen-bond donors (Lipinski definition) is 1. The minimum atomic E-state index is -0.550. The van der Waals surface area contributed by atoms with Gasteiger partial charge >= 0.3 is 5.76 Å². The van der Waals surface area contributed by atoms with Crippen LogP contribution in [0.5, 0.6) is 0 Å².